The second-order valence-electron chi connectivity index (χ2n) is 7.04. The van der Waals surface area contributed by atoms with Crippen LogP contribution in [-0.2, 0) is 0 Å². The van der Waals surface area contributed by atoms with Gasteiger partial charge < -0.3 is 15.2 Å². The van der Waals surface area contributed by atoms with Crippen LogP contribution >= 0.6 is 0 Å². The number of hydrogen-bond donors (Lipinski definition) is 2. The van der Waals surface area contributed by atoms with Crippen LogP contribution in [0.3, 0.4) is 0 Å². The maximum atomic E-state index is 13.1. The number of hydrogen-bond acceptors (Lipinski definition) is 5. The molecule has 154 valence electrons. The average molecular weight is 409 g/mol. The molecule has 2 aromatic carbocycles. The summed E-state index contributed by atoms with van der Waals surface area (Å²) in [5, 5.41) is 9.47. The van der Waals surface area contributed by atoms with Gasteiger partial charge in [0, 0.05) is 29.9 Å². The minimum atomic E-state index is -0.524. The highest BCUT2D eigenvalue weighted by Gasteiger charge is 2.24. The van der Waals surface area contributed by atoms with Crippen LogP contribution in [0.25, 0.3) is 11.4 Å². The van der Waals surface area contributed by atoms with Crippen LogP contribution in [0.5, 0.6) is 0 Å². The molecule has 1 aromatic heterocycles. The Morgan fingerprint density at radius 3 is 2.70 bits per heavy atom. The van der Waals surface area contributed by atoms with Crippen molar-refractivity contribution in [1.29, 1.82) is 0 Å². The zero-order valence-corrected chi connectivity index (χ0v) is 16.5. The first kappa shape index (κ1) is 19.6. The molecule has 1 unspecified atom stereocenters. The highest BCUT2D eigenvalue weighted by Crippen LogP contribution is 2.24. The van der Waals surface area contributed by atoms with E-state index in [1.165, 1.54) is 12.1 Å². The van der Waals surface area contributed by atoms with Gasteiger partial charge in [0.2, 0.25) is 11.7 Å². The van der Waals surface area contributed by atoms with E-state index < -0.39 is 6.04 Å². The van der Waals surface area contributed by atoms with E-state index in [2.05, 4.69) is 20.8 Å². The quantitative estimate of drug-likeness (QED) is 0.674. The van der Waals surface area contributed by atoms with Crippen molar-refractivity contribution in [2.24, 2.45) is 0 Å². The fourth-order valence-electron chi connectivity index (χ4n) is 3.27. The first-order valence-corrected chi connectivity index (χ1v) is 9.49. The van der Waals surface area contributed by atoms with Crippen LogP contribution in [0.15, 0.2) is 47.0 Å². The summed E-state index contributed by atoms with van der Waals surface area (Å²) in [6, 6.07) is 10.2. The van der Waals surface area contributed by atoms with Gasteiger partial charge in [-0.3, -0.25) is 9.69 Å². The average Bonchev–Trinajstić information content (AvgIpc) is 3.38. The molecule has 1 fully saturated rings. The number of carbonyl (C=O) groups is 2. The van der Waals surface area contributed by atoms with Crippen molar-refractivity contribution < 1.29 is 18.5 Å². The molecule has 30 heavy (non-hydrogen) atoms. The smallest absolute Gasteiger partial charge is 0.322 e. The topological polar surface area (TPSA) is 100 Å². The summed E-state index contributed by atoms with van der Waals surface area (Å²) in [4.78, 5) is 30.5. The Hall–Kier alpha value is -3.75. The van der Waals surface area contributed by atoms with Crippen molar-refractivity contribution in [3.8, 4) is 11.4 Å². The molecule has 0 saturated carbocycles. The normalized spacial score (nSPS) is 14.5. The molecule has 1 atom stereocenters. The highest BCUT2D eigenvalue weighted by molar-refractivity contribution is 5.98. The first-order valence-electron chi connectivity index (χ1n) is 9.49. The Bertz CT molecular complexity index is 1100. The van der Waals surface area contributed by atoms with E-state index in [1.807, 2.05) is 6.92 Å². The van der Waals surface area contributed by atoms with Crippen molar-refractivity contribution >= 4 is 17.6 Å². The van der Waals surface area contributed by atoms with Crippen LogP contribution in [-0.4, -0.2) is 35.2 Å². The van der Waals surface area contributed by atoms with E-state index >= 15 is 0 Å². The zero-order chi connectivity index (χ0) is 21.3. The summed E-state index contributed by atoms with van der Waals surface area (Å²) in [6.45, 7) is 4.78. The SMILES string of the molecule is Cc1cc(C(=O)NC(C)c2nc(-c3ccc(F)cc3)no2)ccc1N1CCNC1=O. The molecule has 0 aliphatic carbocycles. The van der Waals surface area contributed by atoms with E-state index in [0.29, 0.717) is 30.0 Å². The molecule has 1 saturated heterocycles. The number of halogens is 1. The van der Waals surface area contributed by atoms with Crippen molar-refractivity contribution in [1.82, 2.24) is 20.8 Å². The number of anilines is 1. The lowest BCUT2D eigenvalue weighted by molar-refractivity contribution is 0.0932. The maximum Gasteiger partial charge on any atom is 0.322 e. The third-order valence-electron chi connectivity index (χ3n) is 4.87. The molecule has 0 bridgehead atoms. The van der Waals surface area contributed by atoms with Crippen LogP contribution < -0.4 is 15.5 Å². The minimum Gasteiger partial charge on any atom is -0.341 e. The second kappa shape index (κ2) is 7.94. The van der Waals surface area contributed by atoms with E-state index in [4.69, 9.17) is 4.52 Å². The molecule has 3 aromatic rings. The summed E-state index contributed by atoms with van der Waals surface area (Å²) < 4.78 is 18.3. The number of urea groups is 1. The van der Waals surface area contributed by atoms with Gasteiger partial charge >= 0.3 is 6.03 Å². The number of benzene rings is 2. The van der Waals surface area contributed by atoms with Crippen LogP contribution in [0.1, 0.15) is 34.8 Å². The molecule has 3 amide bonds. The molecule has 2 heterocycles. The summed E-state index contributed by atoms with van der Waals surface area (Å²) in [5.41, 5.74) is 2.67. The molecule has 0 spiro atoms. The van der Waals surface area contributed by atoms with Gasteiger partial charge in [0.05, 0.1) is 0 Å². The highest BCUT2D eigenvalue weighted by atomic mass is 19.1. The molecular formula is C21H20FN5O3. The van der Waals surface area contributed by atoms with Gasteiger partial charge in [-0.15, -0.1) is 0 Å². The van der Waals surface area contributed by atoms with E-state index in [9.17, 15) is 14.0 Å². The number of amides is 3. The molecule has 1 aliphatic rings. The Balaban J connectivity index is 1.45. The molecule has 8 nitrogen and oxygen atoms in total. The predicted molar refractivity (Wildman–Crippen MR) is 107 cm³/mol. The molecule has 2 N–H and O–H groups in total. The lowest BCUT2D eigenvalue weighted by Gasteiger charge is -2.18. The zero-order valence-electron chi connectivity index (χ0n) is 16.5. The lowest BCUT2D eigenvalue weighted by Crippen LogP contribution is -2.29. The Kier molecular flexibility index (Phi) is 5.18. The summed E-state index contributed by atoms with van der Waals surface area (Å²) >= 11 is 0. The lowest BCUT2D eigenvalue weighted by atomic mass is 10.1. The fraction of sp³-hybridized carbons (Fsp3) is 0.238. The van der Waals surface area contributed by atoms with E-state index in [1.54, 1.807) is 42.2 Å². The van der Waals surface area contributed by atoms with Crippen LogP contribution in [0, 0.1) is 12.7 Å². The number of aryl methyl sites for hydroxylation is 1. The number of rotatable bonds is 5. The summed E-state index contributed by atoms with van der Waals surface area (Å²) in [7, 11) is 0. The summed E-state index contributed by atoms with van der Waals surface area (Å²) in [5.74, 6) is -0.0979. The number of nitrogens with one attached hydrogen (secondary N) is 2. The second-order valence-corrected chi connectivity index (χ2v) is 7.04. The van der Waals surface area contributed by atoms with Crippen molar-refractivity contribution in [2.75, 3.05) is 18.0 Å². The molecular weight excluding hydrogens is 389 g/mol. The van der Waals surface area contributed by atoms with Gasteiger partial charge in [-0.2, -0.15) is 4.98 Å². The third-order valence-corrected chi connectivity index (χ3v) is 4.87. The van der Waals surface area contributed by atoms with Crippen LogP contribution in [0.4, 0.5) is 14.9 Å². The van der Waals surface area contributed by atoms with Gasteiger partial charge in [0.1, 0.15) is 11.9 Å². The predicted octanol–water partition coefficient (Wildman–Crippen LogP) is 3.20. The molecule has 4 rings (SSSR count). The van der Waals surface area contributed by atoms with Gasteiger partial charge in [0.25, 0.3) is 5.91 Å². The van der Waals surface area contributed by atoms with Crippen molar-refractivity contribution in [3.63, 3.8) is 0 Å². The van der Waals surface area contributed by atoms with Crippen LogP contribution in [0.2, 0.25) is 0 Å². The third kappa shape index (κ3) is 3.86. The van der Waals surface area contributed by atoms with Gasteiger partial charge in [0.15, 0.2) is 0 Å². The largest absolute Gasteiger partial charge is 0.341 e. The van der Waals surface area contributed by atoms with Gasteiger partial charge in [-0.25, -0.2) is 9.18 Å². The molecule has 9 heteroatoms. The molecule has 1 aliphatic heterocycles. The monoisotopic (exact) mass is 409 g/mol. The summed E-state index contributed by atoms with van der Waals surface area (Å²) in [6.07, 6.45) is 0. The standard InChI is InChI=1S/C21H20FN5O3/c1-12-11-15(5-8-17(12)27-10-9-23-21(27)29)19(28)24-13(2)20-25-18(26-30-20)14-3-6-16(22)7-4-14/h3-8,11,13H,9-10H2,1-2H3,(H,23,29)(H,24,28). The molecule has 0 radical (unpaired) electrons. The number of nitrogens with zero attached hydrogens (tertiary/aromatic N) is 3. The number of carbonyl (C=O) groups excluding carboxylic acids is 2. The van der Waals surface area contributed by atoms with Crippen molar-refractivity contribution in [3.05, 3.63) is 65.3 Å². The first-order chi connectivity index (χ1) is 14.4. The Morgan fingerprint density at radius 1 is 1.27 bits per heavy atom. The number of aromatic nitrogens is 2. The fourth-order valence-corrected chi connectivity index (χ4v) is 3.27. The van der Waals surface area contributed by atoms with Gasteiger partial charge in [-0.1, -0.05) is 5.16 Å². The minimum absolute atomic E-state index is 0.141. The Morgan fingerprint density at radius 2 is 2.03 bits per heavy atom. The Labute approximate surface area is 172 Å². The maximum absolute atomic E-state index is 13.1. The van der Waals surface area contributed by atoms with Crippen molar-refractivity contribution in [2.45, 2.75) is 19.9 Å². The van der Waals surface area contributed by atoms with E-state index in [0.717, 1.165) is 11.3 Å². The van der Waals surface area contributed by atoms with Gasteiger partial charge in [-0.05, 0) is 61.9 Å². The van der Waals surface area contributed by atoms with E-state index in [-0.39, 0.29) is 23.6 Å².